The largest absolute Gasteiger partial charge is 0.383 e. The van der Waals surface area contributed by atoms with Crippen molar-refractivity contribution in [2.45, 2.75) is 20.4 Å². The lowest BCUT2D eigenvalue weighted by atomic mass is 10.1. The minimum atomic E-state index is 0.503. The van der Waals surface area contributed by atoms with Gasteiger partial charge in [0, 0.05) is 23.9 Å². The standard InChI is InChI=1S/C16H17N5/c1-3-21-13(9-10-18-21)16-19-14(11(2)15(17)20-16)12-7-5-4-6-8-12/h4-10H,3H2,1-2H3,(H2,17,19,20). The summed E-state index contributed by atoms with van der Waals surface area (Å²) >= 11 is 0. The summed E-state index contributed by atoms with van der Waals surface area (Å²) in [5.41, 5.74) is 9.75. The third-order valence-corrected chi connectivity index (χ3v) is 3.48. The molecule has 5 heteroatoms. The van der Waals surface area contributed by atoms with Gasteiger partial charge in [0.1, 0.15) is 11.5 Å². The highest BCUT2D eigenvalue weighted by atomic mass is 15.3. The van der Waals surface area contributed by atoms with E-state index in [0.717, 1.165) is 29.1 Å². The zero-order valence-corrected chi connectivity index (χ0v) is 12.1. The van der Waals surface area contributed by atoms with E-state index in [-0.39, 0.29) is 0 Å². The molecular weight excluding hydrogens is 262 g/mol. The maximum absolute atomic E-state index is 6.08. The zero-order valence-electron chi connectivity index (χ0n) is 12.1. The lowest BCUT2D eigenvalue weighted by Crippen LogP contribution is -2.06. The van der Waals surface area contributed by atoms with E-state index < -0.39 is 0 Å². The van der Waals surface area contributed by atoms with Crippen LogP contribution in [0.3, 0.4) is 0 Å². The average molecular weight is 279 g/mol. The van der Waals surface area contributed by atoms with Gasteiger partial charge in [-0.2, -0.15) is 5.10 Å². The number of anilines is 1. The van der Waals surface area contributed by atoms with Crippen LogP contribution in [0.1, 0.15) is 12.5 Å². The molecule has 0 aliphatic carbocycles. The summed E-state index contributed by atoms with van der Waals surface area (Å²) in [4.78, 5) is 9.12. The number of aryl methyl sites for hydroxylation is 1. The summed E-state index contributed by atoms with van der Waals surface area (Å²) in [6.45, 7) is 4.74. The van der Waals surface area contributed by atoms with E-state index >= 15 is 0 Å². The Morgan fingerprint density at radius 1 is 1.10 bits per heavy atom. The molecule has 0 radical (unpaired) electrons. The van der Waals surface area contributed by atoms with Gasteiger partial charge in [0.2, 0.25) is 0 Å². The predicted octanol–water partition coefficient (Wildman–Crippen LogP) is 2.92. The second-order valence-corrected chi connectivity index (χ2v) is 4.80. The van der Waals surface area contributed by atoms with Crippen molar-refractivity contribution in [1.82, 2.24) is 19.7 Å². The van der Waals surface area contributed by atoms with Gasteiger partial charge in [0.05, 0.1) is 5.69 Å². The molecule has 3 rings (SSSR count). The highest BCUT2D eigenvalue weighted by molar-refractivity contribution is 5.70. The van der Waals surface area contributed by atoms with Crippen molar-refractivity contribution >= 4 is 5.82 Å². The van der Waals surface area contributed by atoms with Gasteiger partial charge < -0.3 is 5.73 Å². The molecule has 3 aromatic rings. The van der Waals surface area contributed by atoms with E-state index in [1.54, 1.807) is 6.20 Å². The molecule has 21 heavy (non-hydrogen) atoms. The number of nitrogens with two attached hydrogens (primary N) is 1. The topological polar surface area (TPSA) is 69.6 Å². The molecule has 0 saturated carbocycles. The van der Waals surface area contributed by atoms with Gasteiger partial charge in [-0.25, -0.2) is 9.97 Å². The van der Waals surface area contributed by atoms with Crippen molar-refractivity contribution in [3.8, 4) is 22.8 Å². The number of nitrogen functional groups attached to an aromatic ring is 1. The second kappa shape index (κ2) is 5.36. The number of aromatic nitrogens is 4. The Balaban J connectivity index is 2.19. The number of hydrogen-bond acceptors (Lipinski definition) is 4. The van der Waals surface area contributed by atoms with Crippen LogP contribution in [0.4, 0.5) is 5.82 Å². The summed E-state index contributed by atoms with van der Waals surface area (Å²) in [6, 6.07) is 11.9. The second-order valence-electron chi connectivity index (χ2n) is 4.80. The first-order chi connectivity index (χ1) is 10.2. The molecule has 0 spiro atoms. The molecule has 0 aliphatic rings. The van der Waals surface area contributed by atoms with Gasteiger partial charge >= 0.3 is 0 Å². The Morgan fingerprint density at radius 3 is 2.57 bits per heavy atom. The smallest absolute Gasteiger partial charge is 0.180 e. The molecule has 0 unspecified atom stereocenters. The zero-order chi connectivity index (χ0) is 14.8. The summed E-state index contributed by atoms with van der Waals surface area (Å²) < 4.78 is 1.86. The van der Waals surface area contributed by atoms with Gasteiger partial charge in [0.25, 0.3) is 0 Å². The molecule has 1 aromatic carbocycles. The molecule has 0 amide bonds. The molecule has 0 saturated heterocycles. The minimum absolute atomic E-state index is 0.503. The van der Waals surface area contributed by atoms with Crippen LogP contribution < -0.4 is 5.73 Å². The quantitative estimate of drug-likeness (QED) is 0.800. The lowest BCUT2D eigenvalue weighted by Gasteiger charge is -2.11. The lowest BCUT2D eigenvalue weighted by molar-refractivity contribution is 0.664. The molecule has 0 atom stereocenters. The predicted molar refractivity (Wildman–Crippen MR) is 83.5 cm³/mol. The summed E-state index contributed by atoms with van der Waals surface area (Å²) in [5.74, 6) is 1.11. The molecule has 0 aliphatic heterocycles. The molecular formula is C16H17N5. The van der Waals surface area contributed by atoms with Crippen LogP contribution >= 0.6 is 0 Å². The first-order valence-electron chi connectivity index (χ1n) is 6.92. The van der Waals surface area contributed by atoms with E-state index in [9.17, 15) is 0 Å². The fourth-order valence-electron chi connectivity index (χ4n) is 2.30. The van der Waals surface area contributed by atoms with Gasteiger partial charge in [-0.05, 0) is 19.9 Å². The SMILES string of the molecule is CCn1nccc1-c1nc(N)c(C)c(-c2ccccc2)n1. The van der Waals surface area contributed by atoms with Crippen molar-refractivity contribution in [3.05, 3.63) is 48.2 Å². The molecule has 0 fully saturated rings. The van der Waals surface area contributed by atoms with Crippen LogP contribution in [0, 0.1) is 6.92 Å². The van der Waals surface area contributed by atoms with Crippen LogP contribution in [0.5, 0.6) is 0 Å². The summed E-state index contributed by atoms with van der Waals surface area (Å²) in [5, 5.41) is 4.26. The molecule has 0 bridgehead atoms. The minimum Gasteiger partial charge on any atom is -0.383 e. The van der Waals surface area contributed by atoms with Crippen LogP contribution in [-0.4, -0.2) is 19.7 Å². The van der Waals surface area contributed by atoms with Crippen molar-refractivity contribution in [1.29, 1.82) is 0 Å². The van der Waals surface area contributed by atoms with Gasteiger partial charge in [-0.1, -0.05) is 30.3 Å². The number of rotatable bonds is 3. The average Bonchev–Trinajstić information content (AvgIpc) is 2.99. The fourth-order valence-corrected chi connectivity index (χ4v) is 2.30. The van der Waals surface area contributed by atoms with Gasteiger partial charge in [0.15, 0.2) is 5.82 Å². The fraction of sp³-hybridized carbons (Fsp3) is 0.188. The third kappa shape index (κ3) is 2.38. The Hall–Kier alpha value is -2.69. The van der Waals surface area contributed by atoms with Crippen molar-refractivity contribution in [2.24, 2.45) is 0 Å². The molecule has 2 N–H and O–H groups in total. The van der Waals surface area contributed by atoms with E-state index in [1.165, 1.54) is 0 Å². The highest BCUT2D eigenvalue weighted by Gasteiger charge is 2.14. The van der Waals surface area contributed by atoms with Crippen LogP contribution in [-0.2, 0) is 6.54 Å². The summed E-state index contributed by atoms with van der Waals surface area (Å²) in [7, 11) is 0. The van der Waals surface area contributed by atoms with Crippen LogP contribution in [0.2, 0.25) is 0 Å². The van der Waals surface area contributed by atoms with E-state index in [1.807, 2.05) is 54.9 Å². The number of benzene rings is 1. The van der Waals surface area contributed by atoms with Gasteiger partial charge in [-0.3, -0.25) is 4.68 Å². The van der Waals surface area contributed by atoms with Crippen molar-refractivity contribution < 1.29 is 0 Å². The van der Waals surface area contributed by atoms with E-state index in [2.05, 4.69) is 10.1 Å². The molecule has 5 nitrogen and oxygen atoms in total. The first-order valence-corrected chi connectivity index (χ1v) is 6.92. The molecule has 2 aromatic heterocycles. The molecule has 106 valence electrons. The van der Waals surface area contributed by atoms with Gasteiger partial charge in [-0.15, -0.1) is 0 Å². The summed E-state index contributed by atoms with van der Waals surface area (Å²) in [6.07, 6.45) is 1.75. The van der Waals surface area contributed by atoms with E-state index in [0.29, 0.717) is 11.6 Å². The maximum Gasteiger partial charge on any atom is 0.180 e. The number of hydrogen-bond donors (Lipinski definition) is 1. The van der Waals surface area contributed by atoms with Crippen molar-refractivity contribution in [3.63, 3.8) is 0 Å². The normalized spacial score (nSPS) is 10.8. The maximum atomic E-state index is 6.08. The van der Waals surface area contributed by atoms with Crippen molar-refractivity contribution in [2.75, 3.05) is 5.73 Å². The number of nitrogens with zero attached hydrogens (tertiary/aromatic N) is 4. The monoisotopic (exact) mass is 279 g/mol. The Bertz CT molecular complexity index is 762. The third-order valence-electron chi connectivity index (χ3n) is 3.48. The Labute approximate surface area is 123 Å². The first kappa shape index (κ1) is 13.3. The Kier molecular flexibility index (Phi) is 3.39. The van der Waals surface area contributed by atoms with Crippen LogP contribution in [0.15, 0.2) is 42.6 Å². The van der Waals surface area contributed by atoms with E-state index in [4.69, 9.17) is 10.7 Å². The molecule has 2 heterocycles. The Morgan fingerprint density at radius 2 is 1.86 bits per heavy atom. The van der Waals surface area contributed by atoms with Crippen LogP contribution in [0.25, 0.3) is 22.8 Å². The highest BCUT2D eigenvalue weighted by Crippen LogP contribution is 2.27.